The Morgan fingerprint density at radius 3 is 2.84 bits per heavy atom. The van der Waals surface area contributed by atoms with Crippen LogP contribution >= 0.6 is 15.9 Å². The molecule has 1 aromatic heterocycles. The van der Waals surface area contributed by atoms with Crippen LogP contribution in [0.15, 0.2) is 41.1 Å². The van der Waals surface area contributed by atoms with Gasteiger partial charge in [0.05, 0.1) is 6.20 Å². The highest BCUT2D eigenvalue weighted by atomic mass is 79.9. The van der Waals surface area contributed by atoms with Crippen LogP contribution in [-0.4, -0.2) is 16.8 Å². The van der Waals surface area contributed by atoms with Gasteiger partial charge in [0.15, 0.2) is 0 Å². The first-order valence-electron chi connectivity index (χ1n) is 6.67. The number of nitrogens with one attached hydrogen (secondary N) is 1. The van der Waals surface area contributed by atoms with Gasteiger partial charge in [0.25, 0.3) is 0 Å². The molecule has 0 fully saturated rings. The van der Waals surface area contributed by atoms with Crippen LogP contribution in [0.5, 0.6) is 0 Å². The highest BCUT2D eigenvalue weighted by Crippen LogP contribution is 2.23. The summed E-state index contributed by atoms with van der Waals surface area (Å²) in [4.78, 5) is 0. The summed E-state index contributed by atoms with van der Waals surface area (Å²) in [6.07, 6.45) is 6.17. The van der Waals surface area contributed by atoms with Gasteiger partial charge in [-0.1, -0.05) is 41.1 Å². The Bertz CT molecular complexity index is 522. The van der Waals surface area contributed by atoms with E-state index < -0.39 is 0 Å². The van der Waals surface area contributed by atoms with Crippen LogP contribution in [0.25, 0.3) is 0 Å². The van der Waals surface area contributed by atoms with Crippen molar-refractivity contribution >= 4 is 15.9 Å². The zero-order valence-corrected chi connectivity index (χ0v) is 13.0. The first-order chi connectivity index (χ1) is 9.24. The van der Waals surface area contributed by atoms with Gasteiger partial charge in [-0.25, -0.2) is 0 Å². The number of likely N-dealkylation sites (N-methyl/N-ethyl adjacent to an activating group) is 1. The molecule has 1 aromatic carbocycles. The fraction of sp³-hybridized carbons (Fsp3) is 0.400. The lowest BCUT2D eigenvalue weighted by Crippen LogP contribution is -2.18. The summed E-state index contributed by atoms with van der Waals surface area (Å²) < 4.78 is 3.18. The van der Waals surface area contributed by atoms with E-state index in [9.17, 15) is 0 Å². The van der Waals surface area contributed by atoms with Crippen molar-refractivity contribution in [3.8, 4) is 0 Å². The lowest BCUT2D eigenvalue weighted by molar-refractivity contribution is 0.581. The van der Waals surface area contributed by atoms with Crippen molar-refractivity contribution in [2.45, 2.75) is 32.4 Å². The molecule has 0 amide bonds. The molecule has 0 spiro atoms. The molecular formula is C15H20BrN3. The van der Waals surface area contributed by atoms with Gasteiger partial charge >= 0.3 is 0 Å². The Kier molecular flexibility index (Phi) is 5.16. The van der Waals surface area contributed by atoms with E-state index in [1.807, 2.05) is 24.0 Å². The lowest BCUT2D eigenvalue weighted by Gasteiger charge is -2.15. The van der Waals surface area contributed by atoms with E-state index in [0.717, 1.165) is 23.9 Å². The highest BCUT2D eigenvalue weighted by molar-refractivity contribution is 9.10. The molecular weight excluding hydrogens is 302 g/mol. The summed E-state index contributed by atoms with van der Waals surface area (Å²) >= 11 is 3.61. The van der Waals surface area contributed by atoms with Crippen molar-refractivity contribution < 1.29 is 0 Å². The zero-order valence-electron chi connectivity index (χ0n) is 11.4. The molecule has 0 aliphatic rings. The standard InChI is InChI=1S/C15H20BrN3/c1-3-8-19-11-13(10-18-19)15(17-2)9-12-6-4-5-7-14(12)16/h4-7,10-11,15,17H,3,8-9H2,1-2H3. The van der Waals surface area contributed by atoms with Gasteiger partial charge < -0.3 is 5.32 Å². The van der Waals surface area contributed by atoms with Gasteiger partial charge in [0, 0.05) is 28.8 Å². The second-order valence-electron chi connectivity index (χ2n) is 4.67. The molecule has 1 N–H and O–H groups in total. The fourth-order valence-electron chi connectivity index (χ4n) is 2.18. The molecule has 0 aliphatic heterocycles. The molecule has 0 saturated heterocycles. The van der Waals surface area contributed by atoms with Crippen LogP contribution in [0.3, 0.4) is 0 Å². The Labute approximate surface area is 123 Å². The Hall–Kier alpha value is -1.13. The summed E-state index contributed by atoms with van der Waals surface area (Å²) in [7, 11) is 2.00. The Balaban J connectivity index is 2.13. The van der Waals surface area contributed by atoms with Crippen LogP contribution in [-0.2, 0) is 13.0 Å². The van der Waals surface area contributed by atoms with E-state index in [-0.39, 0.29) is 0 Å². The quantitative estimate of drug-likeness (QED) is 0.881. The highest BCUT2D eigenvalue weighted by Gasteiger charge is 2.13. The maximum atomic E-state index is 4.40. The molecule has 0 saturated carbocycles. The fourth-order valence-corrected chi connectivity index (χ4v) is 2.63. The molecule has 0 radical (unpaired) electrons. The molecule has 0 aliphatic carbocycles. The Morgan fingerprint density at radius 2 is 2.16 bits per heavy atom. The summed E-state index contributed by atoms with van der Waals surface area (Å²) in [5, 5.41) is 7.78. The van der Waals surface area contributed by atoms with Crippen LogP contribution in [0.4, 0.5) is 0 Å². The summed E-state index contributed by atoms with van der Waals surface area (Å²) in [6, 6.07) is 8.66. The molecule has 1 unspecified atom stereocenters. The maximum absolute atomic E-state index is 4.40. The lowest BCUT2D eigenvalue weighted by atomic mass is 10.0. The van der Waals surface area contributed by atoms with Gasteiger partial charge in [-0.3, -0.25) is 4.68 Å². The maximum Gasteiger partial charge on any atom is 0.0537 e. The van der Waals surface area contributed by atoms with Crippen molar-refractivity contribution in [3.05, 3.63) is 52.3 Å². The third-order valence-electron chi connectivity index (χ3n) is 3.24. The number of benzene rings is 1. The van der Waals surface area contributed by atoms with Gasteiger partial charge in [-0.15, -0.1) is 0 Å². The summed E-state index contributed by atoms with van der Waals surface area (Å²) in [5.41, 5.74) is 2.55. The van der Waals surface area contributed by atoms with Crippen molar-refractivity contribution in [1.82, 2.24) is 15.1 Å². The number of halogens is 1. The average molecular weight is 322 g/mol. The predicted molar refractivity (Wildman–Crippen MR) is 82.2 cm³/mol. The van der Waals surface area contributed by atoms with Crippen LogP contribution in [0.2, 0.25) is 0 Å². The smallest absolute Gasteiger partial charge is 0.0537 e. The second kappa shape index (κ2) is 6.87. The Morgan fingerprint density at radius 1 is 1.37 bits per heavy atom. The largest absolute Gasteiger partial charge is 0.313 e. The number of aryl methyl sites for hydroxylation is 1. The minimum Gasteiger partial charge on any atom is -0.313 e. The number of nitrogens with zero attached hydrogens (tertiary/aromatic N) is 2. The average Bonchev–Trinajstić information content (AvgIpc) is 2.87. The van der Waals surface area contributed by atoms with E-state index in [0.29, 0.717) is 6.04 Å². The third kappa shape index (κ3) is 3.67. The van der Waals surface area contributed by atoms with Gasteiger partial charge in [-0.05, 0) is 31.5 Å². The molecule has 3 nitrogen and oxygen atoms in total. The second-order valence-corrected chi connectivity index (χ2v) is 5.53. The van der Waals surface area contributed by atoms with Gasteiger partial charge in [0.2, 0.25) is 0 Å². The van der Waals surface area contributed by atoms with Crippen LogP contribution in [0, 0.1) is 0 Å². The van der Waals surface area contributed by atoms with Gasteiger partial charge in [0.1, 0.15) is 0 Å². The van der Waals surface area contributed by atoms with E-state index in [1.54, 1.807) is 0 Å². The van der Waals surface area contributed by atoms with Crippen LogP contribution < -0.4 is 5.32 Å². The van der Waals surface area contributed by atoms with E-state index in [4.69, 9.17) is 0 Å². The first kappa shape index (κ1) is 14.3. The topological polar surface area (TPSA) is 29.9 Å². The number of hydrogen-bond acceptors (Lipinski definition) is 2. The van der Waals surface area contributed by atoms with E-state index in [1.165, 1.54) is 11.1 Å². The van der Waals surface area contributed by atoms with Crippen molar-refractivity contribution in [3.63, 3.8) is 0 Å². The minimum atomic E-state index is 0.296. The minimum absolute atomic E-state index is 0.296. The van der Waals surface area contributed by atoms with Crippen molar-refractivity contribution in [2.24, 2.45) is 0 Å². The van der Waals surface area contributed by atoms with E-state index in [2.05, 4.69) is 57.7 Å². The molecule has 102 valence electrons. The van der Waals surface area contributed by atoms with Crippen LogP contribution in [0.1, 0.15) is 30.5 Å². The third-order valence-corrected chi connectivity index (χ3v) is 4.01. The molecule has 1 heterocycles. The number of rotatable bonds is 6. The zero-order chi connectivity index (χ0) is 13.7. The van der Waals surface area contributed by atoms with Crippen molar-refractivity contribution in [2.75, 3.05) is 7.05 Å². The normalized spacial score (nSPS) is 12.6. The van der Waals surface area contributed by atoms with E-state index >= 15 is 0 Å². The first-order valence-corrected chi connectivity index (χ1v) is 7.47. The molecule has 0 bridgehead atoms. The predicted octanol–water partition coefficient (Wildman–Crippen LogP) is 3.56. The molecule has 4 heteroatoms. The van der Waals surface area contributed by atoms with Gasteiger partial charge in [-0.2, -0.15) is 5.10 Å². The molecule has 19 heavy (non-hydrogen) atoms. The monoisotopic (exact) mass is 321 g/mol. The van der Waals surface area contributed by atoms with Crippen molar-refractivity contribution in [1.29, 1.82) is 0 Å². The SMILES string of the molecule is CCCn1cc(C(Cc2ccccc2Br)NC)cn1. The number of hydrogen-bond donors (Lipinski definition) is 1. The molecule has 1 atom stereocenters. The summed E-state index contributed by atoms with van der Waals surface area (Å²) in [6.45, 7) is 3.14. The number of aromatic nitrogens is 2. The summed E-state index contributed by atoms with van der Waals surface area (Å²) in [5.74, 6) is 0. The molecule has 2 aromatic rings. The molecule has 2 rings (SSSR count).